The van der Waals surface area contributed by atoms with Crippen LogP contribution in [0.3, 0.4) is 0 Å². The Hall–Kier alpha value is -1.32. The molecule has 88 valence electrons. The lowest BCUT2D eigenvalue weighted by Gasteiger charge is -2.22. The first kappa shape index (κ1) is 10.8. The van der Waals surface area contributed by atoms with Crippen LogP contribution in [0.25, 0.3) is 10.9 Å². The summed E-state index contributed by atoms with van der Waals surface area (Å²) in [6, 6.07) is 5.47. The van der Waals surface area contributed by atoms with E-state index in [1.165, 1.54) is 0 Å². The number of benzene rings is 1. The van der Waals surface area contributed by atoms with Gasteiger partial charge in [-0.25, -0.2) is 4.98 Å². The predicted octanol–water partition coefficient (Wildman–Crippen LogP) is 2.84. The Morgan fingerprint density at radius 1 is 1.41 bits per heavy atom. The Kier molecular flexibility index (Phi) is 2.45. The summed E-state index contributed by atoms with van der Waals surface area (Å²) in [6.45, 7) is 0. The highest BCUT2D eigenvalue weighted by atomic mass is 35.5. The molecule has 1 aromatic heterocycles. The molecule has 0 bridgehead atoms. The Morgan fingerprint density at radius 2 is 2.24 bits per heavy atom. The zero-order chi connectivity index (χ0) is 12.0. The summed E-state index contributed by atoms with van der Waals surface area (Å²) in [5, 5.41) is 11.5. The monoisotopic (exact) mass is 248 g/mol. The number of hydrogen-bond acceptors (Lipinski definition) is 3. The molecule has 1 atom stereocenters. The van der Waals surface area contributed by atoms with Gasteiger partial charge in [-0.2, -0.15) is 0 Å². The molecule has 1 unspecified atom stereocenters. The molecule has 0 fully saturated rings. The molecule has 0 saturated carbocycles. The first-order valence-electron chi connectivity index (χ1n) is 5.72. The zero-order valence-electron chi connectivity index (χ0n) is 9.28. The van der Waals surface area contributed by atoms with Crippen molar-refractivity contribution < 1.29 is 5.11 Å². The molecule has 3 nitrogen and oxygen atoms in total. The average Bonchev–Trinajstić information content (AvgIpc) is 2.32. The van der Waals surface area contributed by atoms with Gasteiger partial charge in [0.15, 0.2) is 0 Å². The number of aliphatic hydroxyl groups is 1. The minimum absolute atomic E-state index is 0.485. The van der Waals surface area contributed by atoms with Gasteiger partial charge in [0.2, 0.25) is 0 Å². The molecule has 3 rings (SSSR count). The van der Waals surface area contributed by atoms with Crippen molar-refractivity contribution in [2.75, 3.05) is 5.73 Å². The molecule has 1 heterocycles. The van der Waals surface area contributed by atoms with Crippen LogP contribution < -0.4 is 5.73 Å². The first-order valence-corrected chi connectivity index (χ1v) is 6.10. The molecule has 1 aliphatic carbocycles. The van der Waals surface area contributed by atoms with E-state index < -0.39 is 6.10 Å². The maximum absolute atomic E-state index is 9.96. The van der Waals surface area contributed by atoms with Crippen LogP contribution in [0, 0.1) is 0 Å². The molecule has 1 aromatic carbocycles. The van der Waals surface area contributed by atoms with Crippen LogP contribution in [0.15, 0.2) is 18.2 Å². The van der Waals surface area contributed by atoms with Gasteiger partial charge in [0.1, 0.15) is 0 Å². The Morgan fingerprint density at radius 3 is 3.06 bits per heavy atom. The Balaban J connectivity index is 2.35. The van der Waals surface area contributed by atoms with Crippen LogP contribution in [-0.4, -0.2) is 10.1 Å². The van der Waals surface area contributed by atoms with Gasteiger partial charge in [-0.1, -0.05) is 11.6 Å². The number of hydrogen-bond donors (Lipinski definition) is 2. The van der Waals surface area contributed by atoms with Gasteiger partial charge in [0.05, 0.1) is 17.3 Å². The fourth-order valence-corrected chi connectivity index (χ4v) is 2.64. The van der Waals surface area contributed by atoms with Gasteiger partial charge in [0, 0.05) is 16.1 Å². The Bertz CT molecular complexity index is 597. The molecule has 17 heavy (non-hydrogen) atoms. The van der Waals surface area contributed by atoms with Crippen LogP contribution in [0.4, 0.5) is 5.69 Å². The maximum Gasteiger partial charge on any atom is 0.0963 e. The molecule has 1 aliphatic rings. The minimum Gasteiger partial charge on any atom is -0.398 e. The number of nitrogens with two attached hydrogens (primary N) is 1. The molecule has 2 aromatic rings. The average molecular weight is 249 g/mol. The molecular weight excluding hydrogens is 236 g/mol. The summed E-state index contributed by atoms with van der Waals surface area (Å²) in [6.07, 6.45) is 2.11. The number of fused-ring (bicyclic) bond motifs is 2. The van der Waals surface area contributed by atoms with Crippen LogP contribution in [0.1, 0.15) is 30.2 Å². The number of halogens is 1. The van der Waals surface area contributed by atoms with Crippen molar-refractivity contribution in [2.24, 2.45) is 0 Å². The van der Waals surface area contributed by atoms with Gasteiger partial charge in [-0.15, -0.1) is 0 Å². The van der Waals surface area contributed by atoms with Gasteiger partial charge in [-0.05, 0) is 43.0 Å². The maximum atomic E-state index is 9.96. The highest BCUT2D eigenvalue weighted by molar-refractivity contribution is 6.31. The van der Waals surface area contributed by atoms with Crippen molar-refractivity contribution in [1.29, 1.82) is 0 Å². The van der Waals surface area contributed by atoms with E-state index in [4.69, 9.17) is 17.3 Å². The van der Waals surface area contributed by atoms with Gasteiger partial charge in [-0.3, -0.25) is 0 Å². The summed E-state index contributed by atoms with van der Waals surface area (Å²) in [5.74, 6) is 0. The second-order valence-electron chi connectivity index (χ2n) is 4.46. The lowest BCUT2D eigenvalue weighted by Crippen LogP contribution is -2.14. The van der Waals surface area contributed by atoms with E-state index in [0.717, 1.165) is 41.4 Å². The molecule has 0 radical (unpaired) electrons. The fraction of sp³-hybridized carbons (Fsp3) is 0.308. The highest BCUT2D eigenvalue weighted by Crippen LogP contribution is 2.36. The number of pyridine rings is 1. The lowest BCUT2D eigenvalue weighted by molar-refractivity contribution is 0.152. The van der Waals surface area contributed by atoms with Crippen LogP contribution in [0.5, 0.6) is 0 Å². The van der Waals surface area contributed by atoms with E-state index in [2.05, 4.69) is 4.98 Å². The molecule has 4 heteroatoms. The second kappa shape index (κ2) is 3.86. The minimum atomic E-state index is -0.485. The van der Waals surface area contributed by atoms with Gasteiger partial charge in [0.25, 0.3) is 0 Å². The summed E-state index contributed by atoms with van der Waals surface area (Å²) in [7, 11) is 0. The lowest BCUT2D eigenvalue weighted by atomic mass is 9.91. The Labute approximate surface area is 104 Å². The quantitative estimate of drug-likeness (QED) is 0.754. The summed E-state index contributed by atoms with van der Waals surface area (Å²) in [4.78, 5) is 4.51. The summed E-state index contributed by atoms with van der Waals surface area (Å²) < 4.78 is 0. The van der Waals surface area contributed by atoms with Crippen LogP contribution >= 0.6 is 11.6 Å². The number of aromatic nitrogens is 1. The van der Waals surface area contributed by atoms with Crippen molar-refractivity contribution in [3.8, 4) is 0 Å². The van der Waals surface area contributed by atoms with E-state index in [1.54, 1.807) is 6.07 Å². The number of aliphatic hydroxyl groups excluding tert-OH is 1. The van der Waals surface area contributed by atoms with Crippen molar-refractivity contribution in [2.45, 2.75) is 25.4 Å². The van der Waals surface area contributed by atoms with E-state index in [9.17, 15) is 5.11 Å². The third-order valence-electron chi connectivity index (χ3n) is 3.34. The second-order valence-corrected chi connectivity index (χ2v) is 4.90. The number of rotatable bonds is 0. The third kappa shape index (κ3) is 1.66. The summed E-state index contributed by atoms with van der Waals surface area (Å²) in [5.41, 5.74) is 9.40. The smallest absolute Gasteiger partial charge is 0.0963 e. The number of nitrogens with zero attached hydrogens (tertiary/aromatic N) is 1. The SMILES string of the molecule is Nc1c2c(nc3ccc(Cl)cc13)C(O)CCC2. The van der Waals surface area contributed by atoms with Crippen LogP contribution in [0.2, 0.25) is 5.02 Å². The predicted molar refractivity (Wildman–Crippen MR) is 69.1 cm³/mol. The van der Waals surface area contributed by atoms with E-state index in [0.29, 0.717) is 10.7 Å². The highest BCUT2D eigenvalue weighted by Gasteiger charge is 2.23. The van der Waals surface area contributed by atoms with E-state index in [1.807, 2.05) is 12.1 Å². The fourth-order valence-electron chi connectivity index (χ4n) is 2.47. The van der Waals surface area contributed by atoms with E-state index in [-0.39, 0.29) is 0 Å². The van der Waals surface area contributed by atoms with Crippen molar-refractivity contribution in [1.82, 2.24) is 4.98 Å². The molecule has 0 saturated heterocycles. The van der Waals surface area contributed by atoms with E-state index >= 15 is 0 Å². The largest absolute Gasteiger partial charge is 0.398 e. The molecule has 0 amide bonds. The van der Waals surface area contributed by atoms with Gasteiger partial charge < -0.3 is 10.8 Å². The molecule has 0 aliphatic heterocycles. The third-order valence-corrected chi connectivity index (χ3v) is 3.58. The molecule has 3 N–H and O–H groups in total. The summed E-state index contributed by atoms with van der Waals surface area (Å²) >= 11 is 5.97. The van der Waals surface area contributed by atoms with Gasteiger partial charge >= 0.3 is 0 Å². The standard InChI is InChI=1S/C13H13ClN2O/c14-7-4-5-10-9(6-7)12(15)8-2-1-3-11(17)13(8)16-10/h4-6,11,17H,1-3H2,(H2,15,16). The number of nitrogen functional groups attached to an aromatic ring is 1. The van der Waals surface area contributed by atoms with Crippen molar-refractivity contribution in [3.63, 3.8) is 0 Å². The zero-order valence-corrected chi connectivity index (χ0v) is 10.0. The first-order chi connectivity index (χ1) is 8.16. The molecular formula is C13H13ClN2O. The topological polar surface area (TPSA) is 59.1 Å². The molecule has 0 spiro atoms. The number of anilines is 1. The van der Waals surface area contributed by atoms with Crippen LogP contribution in [-0.2, 0) is 6.42 Å². The normalized spacial score (nSPS) is 19.3. The van der Waals surface area contributed by atoms with Crippen molar-refractivity contribution in [3.05, 3.63) is 34.5 Å². The van der Waals surface area contributed by atoms with Crippen molar-refractivity contribution >= 4 is 28.2 Å².